The number of aromatic nitrogens is 1. The van der Waals surface area contributed by atoms with E-state index in [-0.39, 0.29) is 18.2 Å². The van der Waals surface area contributed by atoms with Crippen LogP contribution in [-0.2, 0) is 4.74 Å². The van der Waals surface area contributed by atoms with Crippen LogP contribution in [0.4, 0.5) is 4.79 Å². The Labute approximate surface area is 180 Å². The van der Waals surface area contributed by atoms with E-state index in [1.165, 1.54) is 24.6 Å². The van der Waals surface area contributed by atoms with Crippen LogP contribution in [0.5, 0.6) is 0 Å². The standard InChI is InChI=1S/C25H35N3O2/c1-17(22-14-18-9-5-6-11-20(18)15-27-22)26-16-21-13-19-10-7-8-12-23(19)28(21)24(29)30-25(2,3)4/h5-6,9,11,14-15,17,19,21,23,26H,7-8,10,12-13,16H2,1-4H3/t17-,19-,21-,23-/m0/s1. The molecule has 0 spiro atoms. The van der Waals surface area contributed by atoms with E-state index in [0.29, 0.717) is 12.0 Å². The van der Waals surface area contributed by atoms with Gasteiger partial charge in [0.15, 0.2) is 0 Å². The molecule has 5 heteroatoms. The molecule has 1 N–H and O–H groups in total. The number of carbonyl (C=O) groups is 1. The van der Waals surface area contributed by atoms with Gasteiger partial charge < -0.3 is 15.0 Å². The topological polar surface area (TPSA) is 54.5 Å². The second-order valence-corrected chi connectivity index (χ2v) is 9.98. The summed E-state index contributed by atoms with van der Waals surface area (Å²) in [5, 5.41) is 6.01. The van der Waals surface area contributed by atoms with E-state index in [1.54, 1.807) is 0 Å². The molecule has 2 aromatic rings. The minimum absolute atomic E-state index is 0.123. The van der Waals surface area contributed by atoms with Crippen molar-refractivity contribution in [2.45, 2.75) is 83.5 Å². The molecule has 1 saturated carbocycles. The molecule has 0 unspecified atom stereocenters. The third-order valence-corrected chi connectivity index (χ3v) is 6.55. The predicted octanol–water partition coefficient (Wildman–Crippen LogP) is 5.45. The Kier molecular flexibility index (Phi) is 6.01. The first-order valence-electron chi connectivity index (χ1n) is 11.4. The Balaban J connectivity index is 1.46. The number of amides is 1. The SMILES string of the molecule is C[C@H](NC[C@@H]1C[C@@H]2CCCC[C@@H]2N1C(=O)OC(C)(C)C)c1cc2ccccc2cn1. The first-order chi connectivity index (χ1) is 14.3. The summed E-state index contributed by atoms with van der Waals surface area (Å²) in [6.45, 7) is 8.75. The number of carbonyl (C=O) groups excluding carboxylic acids is 1. The highest BCUT2D eigenvalue weighted by molar-refractivity contribution is 5.81. The van der Waals surface area contributed by atoms with Gasteiger partial charge in [-0.05, 0) is 64.3 Å². The summed E-state index contributed by atoms with van der Waals surface area (Å²) in [6.07, 6.45) is 7.66. The molecule has 1 aliphatic heterocycles. The van der Waals surface area contributed by atoms with Gasteiger partial charge in [0.2, 0.25) is 0 Å². The molecule has 1 aromatic carbocycles. The molecule has 5 nitrogen and oxygen atoms in total. The lowest BCUT2D eigenvalue weighted by Crippen LogP contribution is -2.48. The molecule has 0 radical (unpaired) electrons. The maximum absolute atomic E-state index is 13.1. The third-order valence-electron chi connectivity index (χ3n) is 6.55. The van der Waals surface area contributed by atoms with Gasteiger partial charge >= 0.3 is 6.09 Å². The van der Waals surface area contributed by atoms with Gasteiger partial charge in [0.25, 0.3) is 0 Å². The second-order valence-electron chi connectivity index (χ2n) is 9.98. The number of rotatable bonds is 4. The first-order valence-corrected chi connectivity index (χ1v) is 11.4. The molecule has 1 aromatic heterocycles. The van der Waals surface area contributed by atoms with E-state index >= 15 is 0 Å². The van der Waals surface area contributed by atoms with Crippen LogP contribution in [-0.4, -0.2) is 40.2 Å². The smallest absolute Gasteiger partial charge is 0.410 e. The van der Waals surface area contributed by atoms with Crippen molar-refractivity contribution in [2.75, 3.05) is 6.54 Å². The molecule has 30 heavy (non-hydrogen) atoms. The number of benzene rings is 1. The van der Waals surface area contributed by atoms with E-state index in [4.69, 9.17) is 4.74 Å². The molecular formula is C25H35N3O2. The van der Waals surface area contributed by atoms with Crippen LogP contribution in [0, 0.1) is 5.92 Å². The number of nitrogens with one attached hydrogen (secondary N) is 1. The average molecular weight is 410 g/mol. The Morgan fingerprint density at radius 2 is 1.97 bits per heavy atom. The highest BCUT2D eigenvalue weighted by Gasteiger charge is 2.45. The number of nitrogens with zero attached hydrogens (tertiary/aromatic N) is 2. The highest BCUT2D eigenvalue weighted by Crippen LogP contribution is 2.40. The highest BCUT2D eigenvalue weighted by atomic mass is 16.6. The third kappa shape index (κ3) is 4.61. The van der Waals surface area contributed by atoms with Crippen LogP contribution >= 0.6 is 0 Å². The molecule has 2 heterocycles. The van der Waals surface area contributed by atoms with Gasteiger partial charge in [0, 0.05) is 36.3 Å². The van der Waals surface area contributed by atoms with Crippen molar-refractivity contribution in [3.63, 3.8) is 0 Å². The molecule has 2 fully saturated rings. The van der Waals surface area contributed by atoms with E-state index in [9.17, 15) is 4.79 Å². The Morgan fingerprint density at radius 1 is 1.23 bits per heavy atom. The van der Waals surface area contributed by atoms with E-state index in [0.717, 1.165) is 30.5 Å². The van der Waals surface area contributed by atoms with E-state index in [1.807, 2.05) is 33.0 Å². The molecule has 4 rings (SSSR count). The zero-order valence-electron chi connectivity index (χ0n) is 18.7. The summed E-state index contributed by atoms with van der Waals surface area (Å²) in [4.78, 5) is 19.8. The molecule has 0 bridgehead atoms. The normalized spacial score (nSPS) is 25.2. The van der Waals surface area contributed by atoms with Crippen LogP contribution in [0.1, 0.15) is 71.5 Å². The van der Waals surface area contributed by atoms with Crippen molar-refractivity contribution in [3.05, 3.63) is 42.2 Å². The summed E-state index contributed by atoms with van der Waals surface area (Å²) in [7, 11) is 0. The van der Waals surface area contributed by atoms with Crippen molar-refractivity contribution >= 4 is 16.9 Å². The lowest BCUT2D eigenvalue weighted by Gasteiger charge is -2.35. The second kappa shape index (κ2) is 8.54. The zero-order chi connectivity index (χ0) is 21.3. The Morgan fingerprint density at radius 3 is 2.73 bits per heavy atom. The van der Waals surface area contributed by atoms with Gasteiger partial charge in [-0.3, -0.25) is 4.98 Å². The Bertz CT molecular complexity index is 891. The molecule has 1 aliphatic carbocycles. The van der Waals surface area contributed by atoms with Crippen molar-refractivity contribution in [1.82, 2.24) is 15.2 Å². The van der Waals surface area contributed by atoms with Crippen LogP contribution < -0.4 is 5.32 Å². The summed E-state index contributed by atoms with van der Waals surface area (Å²) in [5.41, 5.74) is 0.567. The number of likely N-dealkylation sites (tertiary alicyclic amines) is 1. The first kappa shape index (κ1) is 21.1. The number of hydrogen-bond acceptors (Lipinski definition) is 4. The van der Waals surface area contributed by atoms with Crippen molar-refractivity contribution in [3.8, 4) is 0 Å². The predicted molar refractivity (Wildman–Crippen MR) is 120 cm³/mol. The summed E-state index contributed by atoms with van der Waals surface area (Å²) in [6, 6.07) is 11.1. The summed E-state index contributed by atoms with van der Waals surface area (Å²) >= 11 is 0. The Hall–Kier alpha value is -2.14. The summed E-state index contributed by atoms with van der Waals surface area (Å²) < 4.78 is 5.79. The lowest BCUT2D eigenvalue weighted by molar-refractivity contribution is 0.0103. The van der Waals surface area contributed by atoms with Gasteiger partial charge in [0.05, 0.1) is 5.69 Å². The minimum Gasteiger partial charge on any atom is -0.444 e. The van der Waals surface area contributed by atoms with Gasteiger partial charge in [0.1, 0.15) is 5.60 Å². The van der Waals surface area contributed by atoms with Gasteiger partial charge in [-0.1, -0.05) is 37.1 Å². The molecule has 1 amide bonds. The lowest BCUT2D eigenvalue weighted by atomic mass is 9.85. The van der Waals surface area contributed by atoms with Crippen LogP contribution in [0.25, 0.3) is 10.8 Å². The maximum Gasteiger partial charge on any atom is 0.410 e. The van der Waals surface area contributed by atoms with Crippen molar-refractivity contribution < 1.29 is 9.53 Å². The van der Waals surface area contributed by atoms with Crippen LogP contribution in [0.3, 0.4) is 0 Å². The van der Waals surface area contributed by atoms with Gasteiger partial charge in [-0.15, -0.1) is 0 Å². The number of fused-ring (bicyclic) bond motifs is 2. The molecule has 2 aliphatic rings. The molecule has 4 atom stereocenters. The van der Waals surface area contributed by atoms with E-state index in [2.05, 4.69) is 46.4 Å². The zero-order valence-corrected chi connectivity index (χ0v) is 18.7. The van der Waals surface area contributed by atoms with E-state index < -0.39 is 5.60 Å². The average Bonchev–Trinajstić information content (AvgIpc) is 3.09. The van der Waals surface area contributed by atoms with Crippen LogP contribution in [0.2, 0.25) is 0 Å². The van der Waals surface area contributed by atoms with Gasteiger partial charge in [-0.2, -0.15) is 0 Å². The monoisotopic (exact) mass is 409 g/mol. The maximum atomic E-state index is 13.1. The van der Waals surface area contributed by atoms with Crippen molar-refractivity contribution in [1.29, 1.82) is 0 Å². The van der Waals surface area contributed by atoms with Crippen LogP contribution in [0.15, 0.2) is 36.5 Å². The number of hydrogen-bond donors (Lipinski definition) is 1. The quantitative estimate of drug-likeness (QED) is 0.729. The minimum atomic E-state index is -0.468. The molecule has 1 saturated heterocycles. The molecular weight excluding hydrogens is 374 g/mol. The fourth-order valence-corrected chi connectivity index (χ4v) is 5.10. The molecule has 162 valence electrons. The van der Waals surface area contributed by atoms with Gasteiger partial charge in [-0.25, -0.2) is 4.79 Å². The number of ether oxygens (including phenoxy) is 1. The van der Waals surface area contributed by atoms with Crippen molar-refractivity contribution in [2.24, 2.45) is 5.92 Å². The number of pyridine rings is 1. The largest absolute Gasteiger partial charge is 0.444 e. The summed E-state index contributed by atoms with van der Waals surface area (Å²) in [5.74, 6) is 0.604. The fourth-order valence-electron chi connectivity index (χ4n) is 5.10. The fraction of sp³-hybridized carbons (Fsp3) is 0.600.